The minimum absolute atomic E-state index is 0.180. The van der Waals surface area contributed by atoms with Crippen LogP contribution in [0.1, 0.15) is 23.6 Å². The summed E-state index contributed by atoms with van der Waals surface area (Å²) >= 11 is 0. The van der Waals surface area contributed by atoms with Gasteiger partial charge in [-0.3, -0.25) is 4.79 Å². The molecule has 0 aliphatic rings. The van der Waals surface area contributed by atoms with E-state index in [4.69, 9.17) is 4.74 Å². The molecule has 0 N–H and O–H groups in total. The van der Waals surface area contributed by atoms with E-state index < -0.39 is 0 Å². The smallest absolute Gasteiger partial charge is 0.134 e. The number of aryl methyl sites for hydroxylation is 1. The van der Waals surface area contributed by atoms with Crippen molar-refractivity contribution in [3.8, 4) is 5.75 Å². The number of ether oxygens (including phenoxy) is 1. The van der Waals surface area contributed by atoms with E-state index in [0.29, 0.717) is 6.42 Å². The van der Waals surface area contributed by atoms with Crippen molar-refractivity contribution in [3.05, 3.63) is 28.8 Å². The lowest BCUT2D eigenvalue weighted by Crippen LogP contribution is -2.01. The molecule has 0 unspecified atom stereocenters. The molecule has 0 fully saturated rings. The lowest BCUT2D eigenvalue weighted by Gasteiger charge is -2.11. The topological polar surface area (TPSA) is 26.3 Å². The molecule has 0 bridgehead atoms. The van der Waals surface area contributed by atoms with Crippen molar-refractivity contribution in [1.29, 1.82) is 0 Å². The van der Waals surface area contributed by atoms with Gasteiger partial charge >= 0.3 is 0 Å². The summed E-state index contributed by atoms with van der Waals surface area (Å²) in [6.07, 6.45) is 0.489. The van der Waals surface area contributed by atoms with Crippen LogP contribution in [0.25, 0.3) is 0 Å². The van der Waals surface area contributed by atoms with Crippen LogP contribution in [0.5, 0.6) is 5.75 Å². The van der Waals surface area contributed by atoms with Crippen LogP contribution in [-0.2, 0) is 11.2 Å². The lowest BCUT2D eigenvalue weighted by molar-refractivity contribution is -0.116. The minimum Gasteiger partial charge on any atom is -0.496 e. The predicted molar refractivity (Wildman–Crippen MR) is 56.9 cm³/mol. The zero-order valence-corrected chi connectivity index (χ0v) is 9.18. The van der Waals surface area contributed by atoms with Gasteiger partial charge < -0.3 is 4.74 Å². The highest BCUT2D eigenvalue weighted by Crippen LogP contribution is 2.25. The summed E-state index contributed by atoms with van der Waals surface area (Å²) in [7, 11) is 1.66. The van der Waals surface area contributed by atoms with Gasteiger partial charge in [0.2, 0.25) is 0 Å². The van der Waals surface area contributed by atoms with Crippen LogP contribution in [-0.4, -0.2) is 12.9 Å². The molecule has 0 saturated heterocycles. The van der Waals surface area contributed by atoms with Crippen molar-refractivity contribution in [2.24, 2.45) is 0 Å². The molecule has 0 amide bonds. The predicted octanol–water partition coefficient (Wildman–Crippen LogP) is 2.44. The summed E-state index contributed by atoms with van der Waals surface area (Å²) in [6, 6.07) is 3.98. The van der Waals surface area contributed by atoms with Gasteiger partial charge in [0.15, 0.2) is 0 Å². The van der Waals surface area contributed by atoms with Crippen LogP contribution in [0.2, 0.25) is 0 Å². The van der Waals surface area contributed by atoms with Gasteiger partial charge in [-0.2, -0.15) is 0 Å². The van der Waals surface area contributed by atoms with Crippen molar-refractivity contribution in [2.75, 3.05) is 7.11 Å². The molecule has 0 atom stereocenters. The Morgan fingerprint density at radius 3 is 2.50 bits per heavy atom. The zero-order chi connectivity index (χ0) is 10.7. The number of hydrogen-bond donors (Lipinski definition) is 0. The molecule has 1 aromatic rings. The average Bonchev–Trinajstić information content (AvgIpc) is 2.10. The molecule has 14 heavy (non-hydrogen) atoms. The van der Waals surface area contributed by atoms with Gasteiger partial charge in [0, 0.05) is 6.42 Å². The van der Waals surface area contributed by atoms with E-state index in [-0.39, 0.29) is 5.78 Å². The van der Waals surface area contributed by atoms with E-state index in [0.717, 1.165) is 22.4 Å². The van der Waals surface area contributed by atoms with Gasteiger partial charge in [0.05, 0.1) is 7.11 Å². The molecule has 2 nitrogen and oxygen atoms in total. The van der Waals surface area contributed by atoms with E-state index >= 15 is 0 Å². The van der Waals surface area contributed by atoms with Crippen molar-refractivity contribution >= 4 is 5.78 Å². The molecule has 0 aliphatic heterocycles. The molecule has 2 heteroatoms. The van der Waals surface area contributed by atoms with Crippen molar-refractivity contribution in [3.63, 3.8) is 0 Å². The summed E-state index contributed by atoms with van der Waals surface area (Å²) < 4.78 is 5.29. The van der Waals surface area contributed by atoms with Gasteiger partial charge in [-0.15, -0.1) is 0 Å². The fraction of sp³-hybridized carbons (Fsp3) is 0.417. The molecule has 1 aromatic carbocycles. The minimum atomic E-state index is 0.180. The van der Waals surface area contributed by atoms with E-state index in [1.54, 1.807) is 14.0 Å². The fourth-order valence-electron chi connectivity index (χ4n) is 1.64. The molecular weight excluding hydrogens is 176 g/mol. The van der Waals surface area contributed by atoms with E-state index in [9.17, 15) is 4.79 Å². The fourth-order valence-corrected chi connectivity index (χ4v) is 1.64. The Labute approximate surface area is 84.9 Å². The van der Waals surface area contributed by atoms with E-state index in [1.807, 2.05) is 26.0 Å². The second-order valence-electron chi connectivity index (χ2n) is 3.58. The van der Waals surface area contributed by atoms with Crippen LogP contribution in [0, 0.1) is 13.8 Å². The first-order valence-electron chi connectivity index (χ1n) is 4.68. The summed E-state index contributed by atoms with van der Waals surface area (Å²) in [5, 5.41) is 0. The molecule has 0 spiro atoms. The number of ketones is 1. The monoisotopic (exact) mass is 192 g/mol. The van der Waals surface area contributed by atoms with Gasteiger partial charge in [0.1, 0.15) is 11.5 Å². The zero-order valence-electron chi connectivity index (χ0n) is 9.18. The maximum atomic E-state index is 11.0. The Balaban J connectivity index is 3.14. The Morgan fingerprint density at radius 2 is 2.00 bits per heavy atom. The third kappa shape index (κ3) is 2.13. The summed E-state index contributed by atoms with van der Waals surface area (Å²) in [5.74, 6) is 1.07. The number of benzene rings is 1. The first-order chi connectivity index (χ1) is 6.56. The van der Waals surface area contributed by atoms with Crippen LogP contribution in [0.4, 0.5) is 0 Å². The van der Waals surface area contributed by atoms with Gasteiger partial charge in [-0.1, -0.05) is 12.1 Å². The normalized spacial score (nSPS) is 10.0. The second-order valence-corrected chi connectivity index (χ2v) is 3.58. The first kappa shape index (κ1) is 10.8. The Morgan fingerprint density at radius 1 is 1.36 bits per heavy atom. The number of Topliss-reactive ketones (excluding diaryl/α,β-unsaturated/α-hetero) is 1. The number of carbonyl (C=O) groups is 1. The van der Waals surface area contributed by atoms with Crippen LogP contribution < -0.4 is 4.74 Å². The Hall–Kier alpha value is -1.31. The quantitative estimate of drug-likeness (QED) is 0.735. The third-order valence-corrected chi connectivity index (χ3v) is 2.36. The molecule has 0 heterocycles. The molecular formula is C12H16O2. The standard InChI is InChI=1S/C12H16O2/c1-8-5-6-11(7-9(2)13)10(3)12(8)14-4/h5-6H,7H2,1-4H3. The number of methoxy groups -OCH3 is 1. The first-order valence-corrected chi connectivity index (χ1v) is 4.68. The SMILES string of the molecule is COc1c(C)ccc(CC(C)=O)c1C. The van der Waals surface area contributed by atoms with Crippen molar-refractivity contribution in [1.82, 2.24) is 0 Å². The van der Waals surface area contributed by atoms with Crippen LogP contribution >= 0.6 is 0 Å². The molecule has 0 saturated carbocycles. The van der Waals surface area contributed by atoms with Gasteiger partial charge in [0.25, 0.3) is 0 Å². The number of carbonyl (C=O) groups excluding carboxylic acids is 1. The van der Waals surface area contributed by atoms with Crippen LogP contribution in [0.15, 0.2) is 12.1 Å². The number of rotatable bonds is 3. The highest BCUT2D eigenvalue weighted by Gasteiger charge is 2.08. The molecule has 0 aromatic heterocycles. The highest BCUT2D eigenvalue weighted by atomic mass is 16.5. The summed E-state index contributed by atoms with van der Waals surface area (Å²) in [4.78, 5) is 11.0. The molecule has 0 aliphatic carbocycles. The van der Waals surface area contributed by atoms with Gasteiger partial charge in [-0.25, -0.2) is 0 Å². The highest BCUT2D eigenvalue weighted by molar-refractivity contribution is 5.78. The molecule has 1 rings (SSSR count). The summed E-state index contributed by atoms with van der Waals surface area (Å²) in [6.45, 7) is 5.60. The second kappa shape index (κ2) is 4.27. The molecule has 76 valence electrons. The maximum Gasteiger partial charge on any atom is 0.134 e. The van der Waals surface area contributed by atoms with E-state index in [1.165, 1.54) is 0 Å². The number of hydrogen-bond acceptors (Lipinski definition) is 2. The summed E-state index contributed by atoms with van der Waals surface area (Å²) in [5.41, 5.74) is 3.24. The Kier molecular flexibility index (Phi) is 3.28. The maximum absolute atomic E-state index is 11.0. The Bertz CT molecular complexity index is 354. The van der Waals surface area contributed by atoms with E-state index in [2.05, 4.69) is 0 Å². The largest absolute Gasteiger partial charge is 0.496 e. The lowest BCUT2D eigenvalue weighted by atomic mass is 10.0. The van der Waals surface area contributed by atoms with Crippen molar-refractivity contribution in [2.45, 2.75) is 27.2 Å². The van der Waals surface area contributed by atoms with Gasteiger partial charge in [-0.05, 0) is 37.5 Å². The average molecular weight is 192 g/mol. The third-order valence-electron chi connectivity index (χ3n) is 2.36. The van der Waals surface area contributed by atoms with Crippen molar-refractivity contribution < 1.29 is 9.53 Å². The van der Waals surface area contributed by atoms with Crippen LogP contribution in [0.3, 0.4) is 0 Å². The molecule has 0 radical (unpaired) electrons.